The van der Waals surface area contributed by atoms with Gasteiger partial charge in [0.15, 0.2) is 0 Å². The molecule has 1 aromatic heterocycles. The summed E-state index contributed by atoms with van der Waals surface area (Å²) in [5, 5.41) is 3.24. The van der Waals surface area contributed by atoms with Crippen molar-refractivity contribution >= 4 is 5.97 Å². The van der Waals surface area contributed by atoms with E-state index < -0.39 is 0 Å². The van der Waals surface area contributed by atoms with Crippen LogP contribution in [-0.4, -0.2) is 28.6 Å². The second-order valence-corrected chi connectivity index (χ2v) is 5.72. The molecule has 1 fully saturated rings. The van der Waals surface area contributed by atoms with Crippen LogP contribution in [0.25, 0.3) is 0 Å². The lowest BCUT2D eigenvalue weighted by Gasteiger charge is -2.24. The minimum atomic E-state index is -0.139. The first kappa shape index (κ1) is 13.1. The van der Waals surface area contributed by atoms with E-state index in [2.05, 4.69) is 31.1 Å². The van der Waals surface area contributed by atoms with Gasteiger partial charge in [-0.25, -0.2) is 4.98 Å². The molecule has 0 amide bonds. The van der Waals surface area contributed by atoms with Crippen molar-refractivity contribution in [1.82, 2.24) is 14.9 Å². The molecule has 1 saturated heterocycles. The Balaban J connectivity index is 2.05. The summed E-state index contributed by atoms with van der Waals surface area (Å²) in [6.45, 7) is 7.93. The number of carbonyl (C=O) groups is 1. The Morgan fingerprint density at radius 3 is 2.72 bits per heavy atom. The summed E-state index contributed by atoms with van der Waals surface area (Å²) < 4.78 is 7.37. The smallest absolute Gasteiger partial charge is 0.315 e. The Morgan fingerprint density at radius 1 is 1.44 bits per heavy atom. The van der Waals surface area contributed by atoms with Crippen molar-refractivity contribution in [3.8, 4) is 5.88 Å². The molecule has 1 aromatic rings. The van der Waals surface area contributed by atoms with Crippen molar-refractivity contribution < 1.29 is 9.53 Å². The molecule has 100 valence electrons. The highest BCUT2D eigenvalue weighted by Crippen LogP contribution is 2.23. The lowest BCUT2D eigenvalue weighted by molar-refractivity contribution is -0.140. The summed E-state index contributed by atoms with van der Waals surface area (Å²) in [7, 11) is 0. The predicted octanol–water partition coefficient (Wildman–Crippen LogP) is 1.54. The third kappa shape index (κ3) is 2.90. The van der Waals surface area contributed by atoms with E-state index >= 15 is 0 Å². The van der Waals surface area contributed by atoms with Gasteiger partial charge in [-0.05, 0) is 46.7 Å². The average Bonchev–Trinajstić information content (AvgIpc) is 2.78. The minimum absolute atomic E-state index is 0.00886. The summed E-state index contributed by atoms with van der Waals surface area (Å²) in [5.41, 5.74) is -0.139. The van der Waals surface area contributed by atoms with Gasteiger partial charge in [-0.15, -0.1) is 0 Å². The van der Waals surface area contributed by atoms with Crippen LogP contribution in [0.1, 0.15) is 33.6 Å². The van der Waals surface area contributed by atoms with Gasteiger partial charge in [-0.3, -0.25) is 9.36 Å². The standard InChI is InChI=1S/C13H21N3O2/c1-13(2,3)16-9-15-8-11(16)18-12(17)10-4-6-14-7-5-10/h8-10,14H,4-7H2,1-3H3. The highest BCUT2D eigenvalue weighted by Gasteiger charge is 2.25. The highest BCUT2D eigenvalue weighted by molar-refractivity contribution is 5.74. The first-order chi connectivity index (χ1) is 8.48. The van der Waals surface area contributed by atoms with Gasteiger partial charge in [0.2, 0.25) is 5.88 Å². The molecule has 2 heterocycles. The molecule has 0 atom stereocenters. The maximum atomic E-state index is 12.1. The topological polar surface area (TPSA) is 56.2 Å². The van der Waals surface area contributed by atoms with E-state index in [0.717, 1.165) is 25.9 Å². The van der Waals surface area contributed by atoms with Crippen molar-refractivity contribution in [3.63, 3.8) is 0 Å². The molecule has 1 N–H and O–H groups in total. The van der Waals surface area contributed by atoms with Crippen molar-refractivity contribution in [3.05, 3.63) is 12.5 Å². The number of rotatable bonds is 2. The van der Waals surface area contributed by atoms with Gasteiger partial charge in [0, 0.05) is 5.54 Å². The van der Waals surface area contributed by atoms with Crippen LogP contribution in [-0.2, 0) is 10.3 Å². The lowest BCUT2D eigenvalue weighted by atomic mass is 9.99. The Kier molecular flexibility index (Phi) is 3.71. The molecule has 0 saturated carbocycles. The van der Waals surface area contributed by atoms with E-state index in [0.29, 0.717) is 5.88 Å². The van der Waals surface area contributed by atoms with Crippen molar-refractivity contribution in [2.75, 3.05) is 13.1 Å². The van der Waals surface area contributed by atoms with Crippen LogP contribution in [0.4, 0.5) is 0 Å². The Morgan fingerprint density at radius 2 is 2.11 bits per heavy atom. The van der Waals surface area contributed by atoms with Crippen LogP contribution in [0.15, 0.2) is 12.5 Å². The molecule has 0 aliphatic carbocycles. The maximum absolute atomic E-state index is 12.1. The van der Waals surface area contributed by atoms with E-state index in [-0.39, 0.29) is 17.4 Å². The fourth-order valence-corrected chi connectivity index (χ4v) is 2.11. The second kappa shape index (κ2) is 5.10. The summed E-state index contributed by atoms with van der Waals surface area (Å²) in [5.74, 6) is 0.406. The fourth-order valence-electron chi connectivity index (χ4n) is 2.11. The van der Waals surface area contributed by atoms with Gasteiger partial charge in [-0.1, -0.05) is 0 Å². The van der Waals surface area contributed by atoms with Crippen molar-refractivity contribution in [1.29, 1.82) is 0 Å². The van der Waals surface area contributed by atoms with Crippen molar-refractivity contribution in [2.45, 2.75) is 39.2 Å². The van der Waals surface area contributed by atoms with E-state index in [1.165, 1.54) is 0 Å². The number of carbonyl (C=O) groups excluding carboxylic acids is 1. The average molecular weight is 251 g/mol. The molecule has 0 unspecified atom stereocenters. The summed E-state index contributed by atoms with van der Waals surface area (Å²) in [6, 6.07) is 0. The first-order valence-corrected chi connectivity index (χ1v) is 6.44. The van der Waals surface area contributed by atoms with Crippen LogP contribution in [0.3, 0.4) is 0 Å². The molecule has 1 aliphatic heterocycles. The SMILES string of the molecule is CC(C)(C)n1cncc1OC(=O)C1CCNCC1. The molecule has 0 aromatic carbocycles. The van der Waals surface area contributed by atoms with Crippen molar-refractivity contribution in [2.24, 2.45) is 5.92 Å². The summed E-state index contributed by atoms with van der Waals surface area (Å²) >= 11 is 0. The van der Waals surface area contributed by atoms with E-state index in [4.69, 9.17) is 4.74 Å². The number of hydrogen-bond donors (Lipinski definition) is 1. The maximum Gasteiger partial charge on any atom is 0.315 e. The molecule has 5 nitrogen and oxygen atoms in total. The molecular formula is C13H21N3O2. The van der Waals surface area contributed by atoms with Gasteiger partial charge < -0.3 is 10.1 Å². The van der Waals surface area contributed by atoms with Crippen LogP contribution in [0.2, 0.25) is 0 Å². The molecule has 18 heavy (non-hydrogen) atoms. The first-order valence-electron chi connectivity index (χ1n) is 6.44. The van der Waals surface area contributed by atoms with Crippen LogP contribution < -0.4 is 10.1 Å². The molecule has 0 bridgehead atoms. The number of aromatic nitrogens is 2. The molecular weight excluding hydrogens is 230 g/mol. The summed E-state index contributed by atoms with van der Waals surface area (Å²) in [4.78, 5) is 16.1. The Bertz CT molecular complexity index is 414. The number of ether oxygens (including phenoxy) is 1. The molecule has 0 radical (unpaired) electrons. The van der Waals surface area contributed by atoms with Gasteiger partial charge in [0.25, 0.3) is 0 Å². The zero-order chi connectivity index (χ0) is 13.2. The number of imidazole rings is 1. The number of esters is 1. The van der Waals surface area contributed by atoms with Gasteiger partial charge in [0.1, 0.15) is 0 Å². The van der Waals surface area contributed by atoms with Gasteiger partial charge in [-0.2, -0.15) is 0 Å². The third-order valence-corrected chi connectivity index (χ3v) is 3.20. The number of nitrogens with one attached hydrogen (secondary N) is 1. The fraction of sp³-hybridized carbons (Fsp3) is 0.692. The monoisotopic (exact) mass is 251 g/mol. The number of piperidine rings is 1. The predicted molar refractivity (Wildman–Crippen MR) is 68.5 cm³/mol. The van der Waals surface area contributed by atoms with Crippen LogP contribution in [0, 0.1) is 5.92 Å². The van der Waals surface area contributed by atoms with E-state index in [1.807, 2.05) is 4.57 Å². The van der Waals surface area contributed by atoms with E-state index in [9.17, 15) is 4.79 Å². The zero-order valence-corrected chi connectivity index (χ0v) is 11.3. The molecule has 1 aliphatic rings. The van der Waals surface area contributed by atoms with Gasteiger partial charge in [0.05, 0.1) is 18.4 Å². The quantitative estimate of drug-likeness (QED) is 0.810. The number of hydrogen-bond acceptors (Lipinski definition) is 4. The Labute approximate surface area is 108 Å². The second-order valence-electron chi connectivity index (χ2n) is 5.72. The zero-order valence-electron chi connectivity index (χ0n) is 11.3. The third-order valence-electron chi connectivity index (χ3n) is 3.20. The number of nitrogens with zero attached hydrogens (tertiary/aromatic N) is 2. The summed E-state index contributed by atoms with van der Waals surface area (Å²) in [6.07, 6.45) is 5.00. The highest BCUT2D eigenvalue weighted by atomic mass is 16.5. The van der Waals surface area contributed by atoms with Gasteiger partial charge >= 0.3 is 5.97 Å². The Hall–Kier alpha value is -1.36. The van der Waals surface area contributed by atoms with Crippen LogP contribution >= 0.6 is 0 Å². The lowest BCUT2D eigenvalue weighted by Crippen LogP contribution is -2.34. The normalized spacial score (nSPS) is 17.7. The van der Waals surface area contributed by atoms with Crippen LogP contribution in [0.5, 0.6) is 5.88 Å². The minimum Gasteiger partial charge on any atom is -0.407 e. The largest absolute Gasteiger partial charge is 0.407 e. The molecule has 5 heteroatoms. The van der Waals surface area contributed by atoms with E-state index in [1.54, 1.807) is 12.5 Å². The molecule has 2 rings (SSSR count). The molecule has 0 spiro atoms.